The van der Waals surface area contributed by atoms with Gasteiger partial charge < -0.3 is 9.94 Å². The summed E-state index contributed by atoms with van der Waals surface area (Å²) < 4.78 is 4.98. The zero-order valence-electron chi connectivity index (χ0n) is 5.35. The summed E-state index contributed by atoms with van der Waals surface area (Å²) in [6.07, 6.45) is 0.737. The van der Waals surface area contributed by atoms with Gasteiger partial charge in [-0.15, -0.1) is 0 Å². The predicted molar refractivity (Wildman–Crippen MR) is 30.6 cm³/mol. The van der Waals surface area contributed by atoms with Gasteiger partial charge in [0.25, 0.3) is 0 Å². The Morgan fingerprint density at radius 2 is 2.38 bits per heavy atom. The zero-order chi connectivity index (χ0) is 6.41. The summed E-state index contributed by atoms with van der Waals surface area (Å²) >= 11 is 0. The minimum Gasteiger partial charge on any atom is -0.362 e. The van der Waals surface area contributed by atoms with Crippen LogP contribution in [0, 0.1) is 0 Å². The van der Waals surface area contributed by atoms with E-state index in [1.807, 2.05) is 12.4 Å². The monoisotopic (exact) mass is 119 g/mol. The maximum Gasteiger partial charge on any atom is 0.127 e. The number of hydrogen-bond donors (Lipinski definition) is 2. The molecule has 8 heavy (non-hydrogen) atoms. The van der Waals surface area contributed by atoms with Crippen LogP contribution < -0.4 is 5.48 Å². The van der Waals surface area contributed by atoms with Crippen molar-refractivity contribution >= 4 is 0 Å². The minimum atomic E-state index is -0.241. The third-order valence-corrected chi connectivity index (χ3v) is 0.754. The zero-order valence-corrected chi connectivity index (χ0v) is 5.35. The van der Waals surface area contributed by atoms with Crippen molar-refractivity contribution < 1.29 is 9.94 Å². The maximum absolute atomic E-state index is 8.19. The van der Waals surface area contributed by atoms with Gasteiger partial charge in [0.15, 0.2) is 0 Å². The van der Waals surface area contributed by atoms with Crippen LogP contribution in [0.4, 0.5) is 0 Å². The highest BCUT2D eigenvalue weighted by atomic mass is 16.6. The number of rotatable bonds is 4. The van der Waals surface area contributed by atoms with Crippen LogP contribution in [0.25, 0.3) is 0 Å². The van der Waals surface area contributed by atoms with Crippen LogP contribution in [0.5, 0.6) is 0 Å². The van der Waals surface area contributed by atoms with Gasteiger partial charge in [-0.05, 0) is 13.3 Å². The van der Waals surface area contributed by atoms with E-state index in [4.69, 9.17) is 9.94 Å². The Balaban J connectivity index is 2.86. The van der Waals surface area contributed by atoms with Crippen LogP contribution in [-0.4, -0.2) is 18.0 Å². The van der Waals surface area contributed by atoms with Gasteiger partial charge in [-0.2, -0.15) is 5.48 Å². The summed E-state index contributed by atoms with van der Waals surface area (Å²) in [5.41, 5.74) is 1.98. The lowest BCUT2D eigenvalue weighted by Gasteiger charge is -2.07. The predicted octanol–water partition coefficient (Wildman–Crippen LogP) is 0.738. The van der Waals surface area contributed by atoms with Crippen molar-refractivity contribution in [1.29, 1.82) is 0 Å². The Hall–Kier alpha value is -0.120. The quantitative estimate of drug-likeness (QED) is 0.423. The Morgan fingerprint density at radius 3 is 2.75 bits per heavy atom. The largest absolute Gasteiger partial charge is 0.362 e. The summed E-state index contributed by atoms with van der Waals surface area (Å²) in [5, 5.41) is 8.19. The molecular weight excluding hydrogens is 106 g/mol. The van der Waals surface area contributed by atoms with Gasteiger partial charge in [0.1, 0.15) is 6.23 Å². The van der Waals surface area contributed by atoms with E-state index in [0.717, 1.165) is 6.42 Å². The molecular formula is C5H13NO2. The molecule has 0 aliphatic carbocycles. The van der Waals surface area contributed by atoms with Crippen molar-refractivity contribution in [2.75, 3.05) is 6.61 Å². The Morgan fingerprint density at radius 1 is 1.75 bits per heavy atom. The summed E-state index contributed by atoms with van der Waals surface area (Å²) in [6, 6.07) is 0. The maximum atomic E-state index is 8.19. The van der Waals surface area contributed by atoms with Crippen molar-refractivity contribution in [2.24, 2.45) is 0 Å². The molecule has 0 radical (unpaired) electrons. The number of hydroxylamine groups is 1. The van der Waals surface area contributed by atoms with Crippen LogP contribution in [-0.2, 0) is 4.74 Å². The molecule has 0 fully saturated rings. The van der Waals surface area contributed by atoms with Crippen LogP contribution in [0.3, 0.4) is 0 Å². The highest BCUT2D eigenvalue weighted by Crippen LogP contribution is 1.84. The second-order valence-corrected chi connectivity index (χ2v) is 1.64. The van der Waals surface area contributed by atoms with Crippen molar-refractivity contribution in [3.8, 4) is 0 Å². The summed E-state index contributed by atoms with van der Waals surface area (Å²) in [7, 11) is 0. The lowest BCUT2D eigenvalue weighted by molar-refractivity contribution is -0.0406. The second kappa shape index (κ2) is 5.03. The van der Waals surface area contributed by atoms with Gasteiger partial charge >= 0.3 is 0 Å². The van der Waals surface area contributed by atoms with Gasteiger partial charge in [0.2, 0.25) is 0 Å². The van der Waals surface area contributed by atoms with Crippen molar-refractivity contribution in [3.05, 3.63) is 0 Å². The van der Waals surface area contributed by atoms with Gasteiger partial charge in [0.05, 0.1) is 0 Å². The van der Waals surface area contributed by atoms with E-state index in [0.29, 0.717) is 6.61 Å². The molecule has 0 saturated heterocycles. The molecule has 0 aromatic heterocycles. The number of ether oxygens (including phenoxy) is 1. The lowest BCUT2D eigenvalue weighted by Crippen LogP contribution is -2.25. The standard InChI is InChI=1S/C5H13NO2/c1-3-4-8-5(2)6-7/h5-7H,3-4H2,1-2H3. The van der Waals surface area contributed by atoms with Crippen molar-refractivity contribution in [1.82, 2.24) is 5.48 Å². The molecule has 1 atom stereocenters. The topological polar surface area (TPSA) is 41.5 Å². The van der Waals surface area contributed by atoms with E-state index in [1.54, 1.807) is 6.92 Å². The molecule has 0 aromatic rings. The first-order valence-electron chi connectivity index (χ1n) is 2.82. The molecule has 0 aliphatic rings. The molecule has 2 N–H and O–H groups in total. The number of nitrogens with one attached hydrogen (secondary N) is 1. The SMILES string of the molecule is CCCOC(C)NO. The van der Waals surface area contributed by atoms with E-state index < -0.39 is 0 Å². The van der Waals surface area contributed by atoms with Crippen LogP contribution in [0.2, 0.25) is 0 Å². The molecule has 0 bridgehead atoms. The Labute approximate surface area is 49.6 Å². The van der Waals surface area contributed by atoms with E-state index in [2.05, 4.69) is 0 Å². The average Bonchev–Trinajstić information content (AvgIpc) is 1.83. The fraction of sp³-hybridized carbons (Fsp3) is 1.00. The van der Waals surface area contributed by atoms with Crippen molar-refractivity contribution in [3.63, 3.8) is 0 Å². The number of hydrogen-bond acceptors (Lipinski definition) is 3. The Kier molecular flexibility index (Phi) is 4.95. The molecule has 0 heterocycles. The fourth-order valence-electron chi connectivity index (χ4n) is 0.332. The fourth-order valence-corrected chi connectivity index (χ4v) is 0.332. The second-order valence-electron chi connectivity index (χ2n) is 1.64. The summed E-state index contributed by atoms with van der Waals surface area (Å²) in [4.78, 5) is 0. The smallest absolute Gasteiger partial charge is 0.127 e. The van der Waals surface area contributed by atoms with E-state index >= 15 is 0 Å². The molecule has 3 nitrogen and oxygen atoms in total. The third-order valence-electron chi connectivity index (χ3n) is 0.754. The van der Waals surface area contributed by atoms with Crippen LogP contribution >= 0.6 is 0 Å². The molecule has 0 rings (SSSR count). The molecule has 1 unspecified atom stereocenters. The summed E-state index contributed by atoms with van der Waals surface area (Å²) in [6.45, 7) is 4.45. The molecule has 50 valence electrons. The first kappa shape index (κ1) is 7.88. The highest BCUT2D eigenvalue weighted by Gasteiger charge is 1.93. The van der Waals surface area contributed by atoms with E-state index in [9.17, 15) is 0 Å². The van der Waals surface area contributed by atoms with Gasteiger partial charge in [-0.3, -0.25) is 0 Å². The average molecular weight is 119 g/mol. The lowest BCUT2D eigenvalue weighted by atomic mass is 10.5. The Bertz CT molecular complexity index is 49.7. The van der Waals surface area contributed by atoms with E-state index in [-0.39, 0.29) is 6.23 Å². The normalized spacial score (nSPS) is 13.9. The molecule has 0 spiro atoms. The van der Waals surface area contributed by atoms with Gasteiger partial charge in [-0.25, -0.2) is 0 Å². The van der Waals surface area contributed by atoms with Gasteiger partial charge in [-0.1, -0.05) is 6.92 Å². The third kappa shape index (κ3) is 4.05. The van der Waals surface area contributed by atoms with Crippen molar-refractivity contribution in [2.45, 2.75) is 26.5 Å². The first-order valence-corrected chi connectivity index (χ1v) is 2.82. The highest BCUT2D eigenvalue weighted by molar-refractivity contribution is 4.33. The molecule has 0 amide bonds. The van der Waals surface area contributed by atoms with Gasteiger partial charge in [0, 0.05) is 6.61 Å². The molecule has 0 saturated carbocycles. The first-order chi connectivity index (χ1) is 3.81. The molecule has 0 aromatic carbocycles. The van der Waals surface area contributed by atoms with Crippen LogP contribution in [0.1, 0.15) is 20.3 Å². The summed E-state index contributed by atoms with van der Waals surface area (Å²) in [5.74, 6) is 0. The molecule has 3 heteroatoms. The van der Waals surface area contributed by atoms with E-state index in [1.165, 1.54) is 0 Å². The van der Waals surface area contributed by atoms with Crippen LogP contribution in [0.15, 0.2) is 0 Å². The molecule has 0 aliphatic heterocycles. The minimum absolute atomic E-state index is 0.241.